The third-order valence-corrected chi connectivity index (χ3v) is 3.44. The number of benzene rings is 2. The molecule has 1 amide bonds. The van der Waals surface area contributed by atoms with E-state index in [0.29, 0.717) is 22.3 Å². The fourth-order valence-electron chi connectivity index (χ4n) is 2.28. The molecule has 3 rings (SSSR count). The van der Waals surface area contributed by atoms with Crippen molar-refractivity contribution in [1.29, 1.82) is 0 Å². The lowest BCUT2D eigenvalue weighted by atomic mass is 10.1. The molecule has 2 aromatic carbocycles. The highest BCUT2D eigenvalue weighted by atomic mass is 16.4. The average Bonchev–Trinajstić information content (AvgIpc) is 2.97. The topological polar surface area (TPSA) is 95.1 Å². The number of aromatic nitrogens is 2. The van der Waals surface area contributed by atoms with Gasteiger partial charge in [0.1, 0.15) is 0 Å². The Morgan fingerprint density at radius 2 is 2.05 bits per heavy atom. The predicted octanol–water partition coefficient (Wildman–Crippen LogP) is 2.82. The number of H-pyrrole nitrogens is 1. The van der Waals surface area contributed by atoms with Crippen molar-refractivity contribution in [2.45, 2.75) is 6.92 Å². The Labute approximate surface area is 125 Å². The first-order valence-corrected chi connectivity index (χ1v) is 6.63. The van der Waals surface area contributed by atoms with Gasteiger partial charge in [-0.25, -0.2) is 4.79 Å². The molecule has 0 saturated carbocycles. The van der Waals surface area contributed by atoms with E-state index in [1.54, 1.807) is 31.3 Å². The smallest absolute Gasteiger partial charge is 0.335 e. The van der Waals surface area contributed by atoms with Gasteiger partial charge in [-0.05, 0) is 36.8 Å². The highest BCUT2D eigenvalue weighted by Crippen LogP contribution is 2.20. The van der Waals surface area contributed by atoms with Crippen LogP contribution in [0.15, 0.2) is 42.6 Å². The van der Waals surface area contributed by atoms with Gasteiger partial charge in [0.25, 0.3) is 5.91 Å². The van der Waals surface area contributed by atoms with Crippen molar-refractivity contribution in [1.82, 2.24) is 10.2 Å². The third-order valence-electron chi connectivity index (χ3n) is 3.44. The number of rotatable bonds is 3. The van der Waals surface area contributed by atoms with E-state index in [9.17, 15) is 9.59 Å². The molecule has 110 valence electrons. The van der Waals surface area contributed by atoms with Gasteiger partial charge >= 0.3 is 5.97 Å². The number of para-hydroxylation sites is 1. The quantitative estimate of drug-likeness (QED) is 0.692. The number of aromatic amines is 1. The first kappa shape index (κ1) is 13.8. The van der Waals surface area contributed by atoms with E-state index in [-0.39, 0.29) is 11.5 Å². The van der Waals surface area contributed by atoms with Crippen LogP contribution in [-0.4, -0.2) is 27.2 Å². The van der Waals surface area contributed by atoms with Crippen LogP contribution in [0.5, 0.6) is 0 Å². The number of fused-ring (bicyclic) bond motifs is 1. The van der Waals surface area contributed by atoms with Crippen LogP contribution in [0.3, 0.4) is 0 Å². The molecule has 3 aromatic rings. The summed E-state index contributed by atoms with van der Waals surface area (Å²) in [6.07, 6.45) is 1.65. The van der Waals surface area contributed by atoms with E-state index in [0.717, 1.165) is 5.39 Å². The molecule has 0 fully saturated rings. The van der Waals surface area contributed by atoms with Crippen molar-refractivity contribution < 1.29 is 14.7 Å². The minimum Gasteiger partial charge on any atom is -0.478 e. The summed E-state index contributed by atoms with van der Waals surface area (Å²) in [5.74, 6) is -1.27. The predicted molar refractivity (Wildman–Crippen MR) is 82.2 cm³/mol. The van der Waals surface area contributed by atoms with Crippen LogP contribution in [0.4, 0.5) is 5.69 Å². The SMILES string of the molecule is Cc1cc(C(=O)O)ccc1NC(=O)c1cccc2cn[nH]c12. The maximum atomic E-state index is 12.4. The van der Waals surface area contributed by atoms with Gasteiger partial charge in [-0.2, -0.15) is 5.10 Å². The molecular formula is C16H13N3O3. The Balaban J connectivity index is 1.91. The van der Waals surface area contributed by atoms with Gasteiger partial charge in [-0.1, -0.05) is 12.1 Å². The number of anilines is 1. The number of aromatic carboxylic acids is 1. The number of nitrogens with zero attached hydrogens (tertiary/aromatic N) is 1. The standard InChI is InChI=1S/C16H13N3O3/c1-9-7-10(16(21)22)5-6-13(9)18-15(20)12-4-2-3-11-8-17-19-14(11)12/h2-8H,1H3,(H,17,19)(H,18,20)(H,21,22). The highest BCUT2D eigenvalue weighted by molar-refractivity contribution is 6.12. The number of aryl methyl sites for hydroxylation is 1. The molecular weight excluding hydrogens is 282 g/mol. The molecule has 1 aromatic heterocycles. The maximum Gasteiger partial charge on any atom is 0.335 e. The molecule has 0 aliphatic carbocycles. The summed E-state index contributed by atoms with van der Waals surface area (Å²) in [6, 6.07) is 9.92. The van der Waals surface area contributed by atoms with Crippen LogP contribution in [0, 0.1) is 6.92 Å². The van der Waals surface area contributed by atoms with Gasteiger partial charge in [0.15, 0.2) is 0 Å². The molecule has 0 bridgehead atoms. The molecule has 3 N–H and O–H groups in total. The highest BCUT2D eigenvalue weighted by Gasteiger charge is 2.13. The van der Waals surface area contributed by atoms with Gasteiger partial charge in [0.05, 0.1) is 22.8 Å². The van der Waals surface area contributed by atoms with Gasteiger partial charge in [0.2, 0.25) is 0 Å². The Hall–Kier alpha value is -3.15. The molecule has 22 heavy (non-hydrogen) atoms. The summed E-state index contributed by atoms with van der Waals surface area (Å²) >= 11 is 0. The molecule has 0 unspecified atom stereocenters. The number of carbonyl (C=O) groups is 2. The van der Waals surface area contributed by atoms with Crippen LogP contribution in [0.25, 0.3) is 10.9 Å². The number of hydrogen-bond acceptors (Lipinski definition) is 3. The zero-order valence-corrected chi connectivity index (χ0v) is 11.8. The second kappa shape index (κ2) is 5.33. The molecule has 0 spiro atoms. The van der Waals surface area contributed by atoms with Crippen molar-refractivity contribution in [3.63, 3.8) is 0 Å². The summed E-state index contributed by atoms with van der Waals surface area (Å²) in [7, 11) is 0. The van der Waals surface area contributed by atoms with Crippen LogP contribution >= 0.6 is 0 Å². The minimum atomic E-state index is -0.997. The maximum absolute atomic E-state index is 12.4. The fourth-order valence-corrected chi connectivity index (χ4v) is 2.28. The zero-order chi connectivity index (χ0) is 15.7. The molecule has 1 heterocycles. The van der Waals surface area contributed by atoms with Gasteiger partial charge in [-0.3, -0.25) is 9.89 Å². The van der Waals surface area contributed by atoms with Crippen molar-refractivity contribution in [2.24, 2.45) is 0 Å². The van der Waals surface area contributed by atoms with E-state index in [4.69, 9.17) is 5.11 Å². The van der Waals surface area contributed by atoms with Crippen molar-refractivity contribution in [3.8, 4) is 0 Å². The third kappa shape index (κ3) is 2.42. The van der Waals surface area contributed by atoms with E-state index in [1.165, 1.54) is 12.1 Å². The summed E-state index contributed by atoms with van der Waals surface area (Å²) in [5.41, 5.74) is 2.60. The largest absolute Gasteiger partial charge is 0.478 e. The Morgan fingerprint density at radius 1 is 1.23 bits per heavy atom. The molecule has 6 heteroatoms. The number of carboxylic acids is 1. The lowest BCUT2D eigenvalue weighted by Gasteiger charge is -2.09. The second-order valence-electron chi connectivity index (χ2n) is 4.93. The summed E-state index contributed by atoms with van der Waals surface area (Å²) < 4.78 is 0. The van der Waals surface area contributed by atoms with E-state index < -0.39 is 5.97 Å². The van der Waals surface area contributed by atoms with Crippen molar-refractivity contribution in [3.05, 3.63) is 59.3 Å². The minimum absolute atomic E-state index is 0.186. The molecule has 0 aliphatic rings. The fraction of sp³-hybridized carbons (Fsp3) is 0.0625. The van der Waals surface area contributed by atoms with Crippen molar-refractivity contribution >= 4 is 28.5 Å². The van der Waals surface area contributed by atoms with Crippen LogP contribution < -0.4 is 5.32 Å². The number of carboxylic acid groups (broad SMARTS) is 1. The average molecular weight is 295 g/mol. The molecule has 6 nitrogen and oxygen atoms in total. The molecule has 0 atom stereocenters. The number of hydrogen-bond donors (Lipinski definition) is 3. The number of nitrogens with one attached hydrogen (secondary N) is 2. The van der Waals surface area contributed by atoms with E-state index >= 15 is 0 Å². The van der Waals surface area contributed by atoms with E-state index in [1.807, 2.05) is 6.07 Å². The first-order chi connectivity index (χ1) is 10.6. The summed E-state index contributed by atoms with van der Waals surface area (Å²) in [6.45, 7) is 1.75. The Morgan fingerprint density at radius 3 is 2.77 bits per heavy atom. The van der Waals surface area contributed by atoms with Gasteiger partial charge < -0.3 is 10.4 Å². The second-order valence-corrected chi connectivity index (χ2v) is 4.93. The number of amides is 1. The molecule has 0 saturated heterocycles. The lowest BCUT2D eigenvalue weighted by Crippen LogP contribution is -2.13. The van der Waals surface area contributed by atoms with Gasteiger partial charge in [0, 0.05) is 11.1 Å². The Bertz CT molecular complexity index is 883. The molecule has 0 aliphatic heterocycles. The monoisotopic (exact) mass is 295 g/mol. The van der Waals surface area contributed by atoms with Crippen LogP contribution in [-0.2, 0) is 0 Å². The van der Waals surface area contributed by atoms with Crippen LogP contribution in [0.2, 0.25) is 0 Å². The summed E-state index contributed by atoms with van der Waals surface area (Å²) in [5, 5.41) is 19.3. The van der Waals surface area contributed by atoms with Crippen molar-refractivity contribution in [2.75, 3.05) is 5.32 Å². The van der Waals surface area contributed by atoms with Gasteiger partial charge in [-0.15, -0.1) is 0 Å². The normalized spacial score (nSPS) is 10.6. The van der Waals surface area contributed by atoms with Crippen LogP contribution in [0.1, 0.15) is 26.3 Å². The number of carbonyl (C=O) groups excluding carboxylic acids is 1. The lowest BCUT2D eigenvalue weighted by molar-refractivity contribution is 0.0696. The first-order valence-electron chi connectivity index (χ1n) is 6.63. The Kier molecular flexibility index (Phi) is 3.34. The zero-order valence-electron chi connectivity index (χ0n) is 11.8. The van der Waals surface area contributed by atoms with E-state index in [2.05, 4.69) is 15.5 Å². The molecule has 0 radical (unpaired) electrons. The summed E-state index contributed by atoms with van der Waals surface area (Å²) in [4.78, 5) is 23.3.